The summed E-state index contributed by atoms with van der Waals surface area (Å²) in [6.45, 7) is 23.6. The van der Waals surface area contributed by atoms with E-state index in [2.05, 4.69) is 40.2 Å². The average molecular weight is 414 g/mol. The van der Waals surface area contributed by atoms with E-state index in [1.807, 2.05) is 0 Å². The van der Waals surface area contributed by atoms with E-state index in [4.69, 9.17) is 20.1 Å². The van der Waals surface area contributed by atoms with E-state index in [1.54, 1.807) is 6.92 Å². The van der Waals surface area contributed by atoms with Gasteiger partial charge < -0.3 is 20.1 Å². The number of aliphatic carboxylic acids is 3. The van der Waals surface area contributed by atoms with Crippen LogP contribution in [0.2, 0.25) is 0 Å². The molecule has 0 bridgehead atoms. The lowest BCUT2D eigenvalue weighted by molar-refractivity contribution is -0.139. The van der Waals surface area contributed by atoms with E-state index < -0.39 is 17.9 Å². The summed E-state index contributed by atoms with van der Waals surface area (Å²) in [5.41, 5.74) is 0.994. The zero-order valence-corrected chi connectivity index (χ0v) is 18.2. The van der Waals surface area contributed by atoms with Crippen LogP contribution < -0.4 is 0 Å². The predicted molar refractivity (Wildman–Crippen MR) is 113 cm³/mol. The van der Waals surface area contributed by atoms with Crippen LogP contribution in [0.1, 0.15) is 48.0 Å². The third-order valence-corrected chi connectivity index (χ3v) is 2.37. The highest BCUT2D eigenvalue weighted by atomic mass is 16.5. The molecule has 0 aromatic heterocycles. The molecule has 0 rings (SSSR count). The molecular weight excluding hydrogens is 380 g/mol. The van der Waals surface area contributed by atoms with Gasteiger partial charge in [0.1, 0.15) is 0 Å². The van der Waals surface area contributed by atoms with Crippen LogP contribution in [0, 0.1) is 5.92 Å². The molecule has 166 valence electrons. The summed E-state index contributed by atoms with van der Waals surface area (Å²) < 4.78 is 4.88. The number of rotatable bonds is 7. The number of carboxylic acids is 3. The molecule has 0 heterocycles. The maximum absolute atomic E-state index is 10.8. The standard InChI is InChI=1S/C9H16O2.3C4H6O2/c1-7(2)5-6-11-9(10)8(3)4;3*1-3(2)4(5)6/h7H,3,5-6H2,1-2,4H3;3*1H2,2H3,(H,5,6). The van der Waals surface area contributed by atoms with Crippen molar-refractivity contribution in [2.24, 2.45) is 5.92 Å². The van der Waals surface area contributed by atoms with E-state index >= 15 is 0 Å². The number of carbonyl (C=O) groups is 4. The summed E-state index contributed by atoms with van der Waals surface area (Å²) in [5, 5.41) is 23.7. The van der Waals surface area contributed by atoms with Gasteiger partial charge in [-0.2, -0.15) is 0 Å². The van der Waals surface area contributed by atoms with Crippen LogP contribution in [0.25, 0.3) is 0 Å². The van der Waals surface area contributed by atoms with E-state index in [9.17, 15) is 19.2 Å². The number of ether oxygens (including phenoxy) is 1. The molecule has 8 heteroatoms. The van der Waals surface area contributed by atoms with Crippen LogP contribution in [-0.4, -0.2) is 45.8 Å². The summed E-state index contributed by atoms with van der Waals surface area (Å²) in [4.78, 5) is 39.6. The van der Waals surface area contributed by atoms with Crippen molar-refractivity contribution in [3.8, 4) is 0 Å². The fourth-order valence-electron chi connectivity index (χ4n) is 0.511. The first-order valence-corrected chi connectivity index (χ1v) is 8.46. The van der Waals surface area contributed by atoms with Crippen molar-refractivity contribution in [1.82, 2.24) is 0 Å². The molecule has 0 atom stereocenters. The van der Waals surface area contributed by atoms with Crippen molar-refractivity contribution in [3.05, 3.63) is 48.6 Å². The van der Waals surface area contributed by atoms with Crippen LogP contribution >= 0.6 is 0 Å². The highest BCUT2D eigenvalue weighted by Crippen LogP contribution is 2.00. The van der Waals surface area contributed by atoms with Crippen molar-refractivity contribution in [1.29, 1.82) is 0 Å². The van der Waals surface area contributed by atoms with Crippen LogP contribution in [0.3, 0.4) is 0 Å². The Kier molecular flexibility index (Phi) is 22.6. The second-order valence-electron chi connectivity index (χ2n) is 6.36. The highest BCUT2D eigenvalue weighted by molar-refractivity contribution is 5.87. The van der Waals surface area contributed by atoms with Gasteiger partial charge in [-0.15, -0.1) is 0 Å². The first-order chi connectivity index (χ1) is 13.0. The van der Waals surface area contributed by atoms with Crippen molar-refractivity contribution >= 4 is 23.9 Å². The van der Waals surface area contributed by atoms with Gasteiger partial charge in [0.25, 0.3) is 0 Å². The fraction of sp³-hybridized carbons (Fsp3) is 0.429. The summed E-state index contributed by atoms with van der Waals surface area (Å²) in [6, 6.07) is 0. The number of hydrogen-bond acceptors (Lipinski definition) is 5. The molecule has 0 spiro atoms. The molecule has 3 N–H and O–H groups in total. The topological polar surface area (TPSA) is 138 Å². The van der Waals surface area contributed by atoms with Gasteiger partial charge in [-0.1, -0.05) is 40.2 Å². The lowest BCUT2D eigenvalue weighted by Gasteiger charge is -2.05. The Morgan fingerprint density at radius 1 is 0.690 bits per heavy atom. The quantitative estimate of drug-likeness (QED) is 0.418. The van der Waals surface area contributed by atoms with E-state index in [0.717, 1.165) is 6.42 Å². The molecule has 0 aromatic carbocycles. The fourth-order valence-corrected chi connectivity index (χ4v) is 0.511. The van der Waals surface area contributed by atoms with Gasteiger partial charge in [0.05, 0.1) is 6.61 Å². The van der Waals surface area contributed by atoms with Gasteiger partial charge in [-0.05, 0) is 40.0 Å². The molecule has 0 aromatic rings. The lowest BCUT2D eigenvalue weighted by Crippen LogP contribution is -2.07. The van der Waals surface area contributed by atoms with Gasteiger partial charge in [0, 0.05) is 22.3 Å². The number of carboxylic acid groups (broad SMARTS) is 3. The Bertz CT molecular complexity index is 519. The SMILES string of the molecule is C=C(C)C(=O)O.C=C(C)C(=O)O.C=C(C)C(=O)O.C=C(C)C(=O)OCCC(C)C. The normalized spacial score (nSPS) is 8.38. The van der Waals surface area contributed by atoms with Gasteiger partial charge in [0.15, 0.2) is 0 Å². The van der Waals surface area contributed by atoms with Crippen molar-refractivity contribution in [3.63, 3.8) is 0 Å². The number of carbonyl (C=O) groups excluding carboxylic acids is 1. The Morgan fingerprint density at radius 2 is 0.931 bits per heavy atom. The van der Waals surface area contributed by atoms with Gasteiger partial charge >= 0.3 is 23.9 Å². The smallest absolute Gasteiger partial charge is 0.333 e. The lowest BCUT2D eigenvalue weighted by atomic mass is 10.1. The highest BCUT2D eigenvalue weighted by Gasteiger charge is 2.02. The van der Waals surface area contributed by atoms with E-state index in [0.29, 0.717) is 18.1 Å². The summed E-state index contributed by atoms with van der Waals surface area (Å²) in [5.74, 6) is -2.52. The molecule has 29 heavy (non-hydrogen) atoms. The third kappa shape index (κ3) is 36.5. The molecular formula is C21H34O8. The van der Waals surface area contributed by atoms with Gasteiger partial charge in [-0.25, -0.2) is 19.2 Å². The van der Waals surface area contributed by atoms with Gasteiger partial charge in [0.2, 0.25) is 0 Å². The first-order valence-electron chi connectivity index (χ1n) is 8.46. The minimum Gasteiger partial charge on any atom is -0.478 e. The molecule has 8 nitrogen and oxygen atoms in total. The summed E-state index contributed by atoms with van der Waals surface area (Å²) in [6.07, 6.45) is 0.916. The van der Waals surface area contributed by atoms with E-state index in [-0.39, 0.29) is 22.7 Å². The molecule has 0 aliphatic rings. The Morgan fingerprint density at radius 3 is 1.07 bits per heavy atom. The van der Waals surface area contributed by atoms with Gasteiger partial charge in [-0.3, -0.25) is 0 Å². The molecule has 0 saturated carbocycles. The minimum atomic E-state index is -0.935. The summed E-state index contributed by atoms with van der Waals surface area (Å²) >= 11 is 0. The number of hydrogen-bond donors (Lipinski definition) is 3. The monoisotopic (exact) mass is 414 g/mol. The Labute approximate surface area is 172 Å². The van der Waals surface area contributed by atoms with Crippen LogP contribution in [-0.2, 0) is 23.9 Å². The third-order valence-electron chi connectivity index (χ3n) is 2.37. The molecule has 0 fully saturated rings. The molecule has 0 amide bonds. The second-order valence-corrected chi connectivity index (χ2v) is 6.36. The zero-order valence-electron chi connectivity index (χ0n) is 18.2. The van der Waals surface area contributed by atoms with Crippen LogP contribution in [0.4, 0.5) is 0 Å². The molecule has 0 unspecified atom stereocenters. The molecule has 0 aliphatic heterocycles. The van der Waals surface area contributed by atoms with Crippen LogP contribution in [0.5, 0.6) is 0 Å². The van der Waals surface area contributed by atoms with Crippen LogP contribution in [0.15, 0.2) is 48.6 Å². The second kappa shape index (κ2) is 19.6. The Hall–Kier alpha value is -3.16. The largest absolute Gasteiger partial charge is 0.478 e. The Balaban J connectivity index is -0.000000151. The minimum absolute atomic E-state index is 0.176. The molecule has 0 saturated heterocycles. The first kappa shape index (κ1) is 33.4. The zero-order chi connectivity index (χ0) is 24.3. The maximum Gasteiger partial charge on any atom is 0.333 e. The van der Waals surface area contributed by atoms with E-state index in [1.165, 1.54) is 20.8 Å². The average Bonchev–Trinajstić information content (AvgIpc) is 2.55. The van der Waals surface area contributed by atoms with Crippen molar-refractivity contribution in [2.45, 2.75) is 48.0 Å². The summed E-state index contributed by atoms with van der Waals surface area (Å²) in [7, 11) is 0. The van der Waals surface area contributed by atoms with Crippen molar-refractivity contribution in [2.75, 3.05) is 6.61 Å². The predicted octanol–water partition coefficient (Wildman–Crippen LogP) is 4.09. The molecule has 0 aliphatic carbocycles. The van der Waals surface area contributed by atoms with Crippen molar-refractivity contribution < 1.29 is 39.2 Å². The molecule has 0 radical (unpaired) electrons. The maximum atomic E-state index is 10.8. The number of esters is 1.